The zero-order valence-corrected chi connectivity index (χ0v) is 14.3. The highest BCUT2D eigenvalue weighted by Gasteiger charge is 2.13. The van der Waals surface area contributed by atoms with Crippen molar-refractivity contribution in [3.05, 3.63) is 84.9 Å². The smallest absolute Gasteiger partial charge is 0.160 e. The normalized spacial score (nSPS) is 11.3. The highest BCUT2D eigenvalue weighted by Crippen LogP contribution is 2.35. The molecule has 124 valence electrons. The van der Waals surface area contributed by atoms with E-state index in [1.807, 2.05) is 30.6 Å². The Kier molecular flexibility index (Phi) is 3.32. The van der Waals surface area contributed by atoms with Gasteiger partial charge in [0.15, 0.2) is 5.58 Å². The van der Waals surface area contributed by atoms with Gasteiger partial charge in [0.1, 0.15) is 5.52 Å². The molecule has 0 unspecified atom stereocenters. The minimum atomic E-state index is 0.822. The molecule has 0 atom stereocenters. The van der Waals surface area contributed by atoms with Gasteiger partial charge < -0.3 is 4.42 Å². The average Bonchev–Trinajstić information content (AvgIpc) is 3.17. The van der Waals surface area contributed by atoms with E-state index in [1.54, 1.807) is 6.26 Å². The summed E-state index contributed by atoms with van der Waals surface area (Å²) in [7, 11) is 0. The van der Waals surface area contributed by atoms with Crippen LogP contribution >= 0.6 is 0 Å². The lowest BCUT2D eigenvalue weighted by molar-refractivity contribution is 0.618. The summed E-state index contributed by atoms with van der Waals surface area (Å²) in [4.78, 5) is 9.27. The van der Waals surface area contributed by atoms with Crippen molar-refractivity contribution in [3.8, 4) is 22.4 Å². The Morgan fingerprint density at radius 2 is 1.73 bits per heavy atom. The van der Waals surface area contributed by atoms with Crippen molar-refractivity contribution in [2.75, 3.05) is 0 Å². The van der Waals surface area contributed by atoms with Crippen LogP contribution in [-0.4, -0.2) is 9.97 Å². The van der Waals surface area contributed by atoms with Crippen LogP contribution in [0.1, 0.15) is 5.56 Å². The van der Waals surface area contributed by atoms with Gasteiger partial charge in [0.2, 0.25) is 0 Å². The summed E-state index contributed by atoms with van der Waals surface area (Å²) < 4.78 is 5.67. The molecular formula is C23H16N2O. The Balaban J connectivity index is 1.80. The molecule has 0 amide bonds. The number of aryl methyl sites for hydroxylation is 1. The number of benzene rings is 2. The van der Waals surface area contributed by atoms with Crippen molar-refractivity contribution < 1.29 is 4.42 Å². The Labute approximate surface area is 151 Å². The van der Waals surface area contributed by atoms with Crippen molar-refractivity contribution in [1.29, 1.82) is 0 Å². The molecule has 0 bridgehead atoms. The second-order valence-electron chi connectivity index (χ2n) is 6.47. The lowest BCUT2D eigenvalue weighted by Crippen LogP contribution is -1.90. The van der Waals surface area contributed by atoms with E-state index < -0.39 is 0 Å². The molecule has 0 saturated heterocycles. The van der Waals surface area contributed by atoms with E-state index in [2.05, 4.69) is 59.4 Å². The van der Waals surface area contributed by atoms with Crippen LogP contribution in [0.15, 0.2) is 83.7 Å². The van der Waals surface area contributed by atoms with E-state index in [0.717, 1.165) is 44.3 Å². The summed E-state index contributed by atoms with van der Waals surface area (Å²) in [5, 5.41) is 2.10. The first-order valence-electron chi connectivity index (χ1n) is 8.58. The van der Waals surface area contributed by atoms with Crippen molar-refractivity contribution in [3.63, 3.8) is 0 Å². The summed E-state index contributed by atoms with van der Waals surface area (Å²) in [6.45, 7) is 2.05. The first-order valence-corrected chi connectivity index (χ1v) is 8.58. The molecule has 0 aliphatic heterocycles. The van der Waals surface area contributed by atoms with E-state index >= 15 is 0 Å². The van der Waals surface area contributed by atoms with Crippen LogP contribution in [-0.2, 0) is 0 Å². The van der Waals surface area contributed by atoms with Gasteiger partial charge in [-0.15, -0.1) is 0 Å². The zero-order chi connectivity index (χ0) is 17.5. The van der Waals surface area contributed by atoms with Crippen molar-refractivity contribution in [1.82, 2.24) is 9.97 Å². The highest BCUT2D eigenvalue weighted by atomic mass is 16.3. The third-order valence-electron chi connectivity index (χ3n) is 4.67. The van der Waals surface area contributed by atoms with Gasteiger partial charge in [-0.25, -0.2) is 0 Å². The molecule has 26 heavy (non-hydrogen) atoms. The van der Waals surface area contributed by atoms with E-state index in [-0.39, 0.29) is 0 Å². The Morgan fingerprint density at radius 1 is 0.846 bits per heavy atom. The Morgan fingerprint density at radius 3 is 2.62 bits per heavy atom. The highest BCUT2D eigenvalue weighted by molar-refractivity contribution is 6.09. The van der Waals surface area contributed by atoms with Gasteiger partial charge in [-0.05, 0) is 53.9 Å². The standard InChI is InChI=1S/C23H16N2O/c1-15-11-20-19(12-18-8-10-26-23(18)22(20)25-14-15)21-13-17(7-9-24-21)16-5-3-2-4-6-16/h2-14H,1H3. The first kappa shape index (κ1) is 14.8. The van der Waals surface area contributed by atoms with E-state index in [1.165, 1.54) is 5.56 Å². The van der Waals surface area contributed by atoms with Gasteiger partial charge >= 0.3 is 0 Å². The fourth-order valence-electron chi connectivity index (χ4n) is 3.41. The predicted octanol–water partition coefficient (Wildman–Crippen LogP) is 6.02. The van der Waals surface area contributed by atoms with Gasteiger partial charge in [0.05, 0.1) is 12.0 Å². The van der Waals surface area contributed by atoms with E-state index in [0.29, 0.717) is 0 Å². The molecule has 5 aromatic rings. The van der Waals surface area contributed by atoms with Gasteiger partial charge in [0, 0.05) is 28.7 Å². The second kappa shape index (κ2) is 5.81. The van der Waals surface area contributed by atoms with E-state index in [9.17, 15) is 0 Å². The number of aromatic nitrogens is 2. The molecule has 0 fully saturated rings. The van der Waals surface area contributed by atoms with Crippen molar-refractivity contribution in [2.45, 2.75) is 6.92 Å². The summed E-state index contributed by atoms with van der Waals surface area (Å²) in [6, 6.07) is 20.8. The van der Waals surface area contributed by atoms with Crippen molar-refractivity contribution >= 4 is 21.9 Å². The maximum Gasteiger partial charge on any atom is 0.160 e. The number of furan rings is 1. The molecule has 3 aromatic heterocycles. The third-order valence-corrected chi connectivity index (χ3v) is 4.67. The third kappa shape index (κ3) is 2.37. The van der Waals surface area contributed by atoms with Gasteiger partial charge in [-0.2, -0.15) is 0 Å². The number of fused-ring (bicyclic) bond motifs is 3. The monoisotopic (exact) mass is 336 g/mol. The number of rotatable bonds is 2. The lowest BCUT2D eigenvalue weighted by Gasteiger charge is -2.09. The van der Waals surface area contributed by atoms with Crippen molar-refractivity contribution in [2.24, 2.45) is 0 Å². The molecule has 2 aromatic carbocycles. The quantitative estimate of drug-likeness (QED) is 0.396. The number of nitrogens with zero attached hydrogens (tertiary/aromatic N) is 2. The average molecular weight is 336 g/mol. The Hall–Kier alpha value is -3.46. The van der Waals surface area contributed by atoms with Gasteiger partial charge in [0.25, 0.3) is 0 Å². The lowest BCUT2D eigenvalue weighted by atomic mass is 9.99. The van der Waals surface area contributed by atoms with Crippen LogP contribution in [0.3, 0.4) is 0 Å². The number of hydrogen-bond acceptors (Lipinski definition) is 3. The zero-order valence-electron chi connectivity index (χ0n) is 14.3. The van der Waals surface area contributed by atoms with Crippen LogP contribution in [0.25, 0.3) is 44.3 Å². The molecule has 0 radical (unpaired) electrons. The molecular weight excluding hydrogens is 320 g/mol. The SMILES string of the molecule is Cc1cnc2c(c1)c(-c1cc(-c3ccccc3)ccn1)cc1ccoc12. The second-order valence-corrected chi connectivity index (χ2v) is 6.47. The molecule has 0 aliphatic rings. The maximum absolute atomic E-state index is 5.67. The topological polar surface area (TPSA) is 38.9 Å². The van der Waals surface area contributed by atoms with Crippen LogP contribution in [0.2, 0.25) is 0 Å². The minimum Gasteiger partial charge on any atom is -0.462 e. The van der Waals surface area contributed by atoms with Crippen LogP contribution < -0.4 is 0 Å². The summed E-state index contributed by atoms with van der Waals surface area (Å²) in [5.41, 5.74) is 7.15. The minimum absolute atomic E-state index is 0.822. The van der Waals surface area contributed by atoms with Gasteiger partial charge in [-0.1, -0.05) is 30.3 Å². The molecule has 0 spiro atoms. The Bertz CT molecular complexity index is 1240. The molecule has 0 saturated carbocycles. The van der Waals surface area contributed by atoms with Crippen LogP contribution in [0.4, 0.5) is 0 Å². The molecule has 3 heteroatoms. The van der Waals surface area contributed by atoms with E-state index in [4.69, 9.17) is 4.42 Å². The van der Waals surface area contributed by atoms with Crippen LogP contribution in [0, 0.1) is 6.92 Å². The maximum atomic E-state index is 5.67. The molecule has 0 N–H and O–H groups in total. The molecule has 5 rings (SSSR count). The molecule has 3 nitrogen and oxygen atoms in total. The fraction of sp³-hybridized carbons (Fsp3) is 0.0435. The first-order chi connectivity index (χ1) is 12.8. The summed E-state index contributed by atoms with van der Waals surface area (Å²) in [6.07, 6.45) is 5.46. The fourth-order valence-corrected chi connectivity index (χ4v) is 3.41. The number of hydrogen-bond donors (Lipinski definition) is 0. The number of pyridine rings is 2. The van der Waals surface area contributed by atoms with Crippen LogP contribution in [0.5, 0.6) is 0 Å². The predicted molar refractivity (Wildman–Crippen MR) is 105 cm³/mol. The summed E-state index contributed by atoms with van der Waals surface area (Å²) >= 11 is 0. The molecule has 0 aliphatic carbocycles. The summed E-state index contributed by atoms with van der Waals surface area (Å²) in [5.74, 6) is 0. The molecule has 3 heterocycles. The largest absolute Gasteiger partial charge is 0.462 e. The van der Waals surface area contributed by atoms with Gasteiger partial charge in [-0.3, -0.25) is 9.97 Å².